The minimum absolute atomic E-state index is 0.0225. The number of carbonyl (C=O) groups excluding carboxylic acids is 3. The first-order valence-corrected chi connectivity index (χ1v) is 14.4. The predicted molar refractivity (Wildman–Crippen MR) is 148 cm³/mol. The summed E-state index contributed by atoms with van der Waals surface area (Å²) >= 11 is 0. The zero-order valence-corrected chi connectivity index (χ0v) is 23.1. The average molecular weight is 574 g/mol. The summed E-state index contributed by atoms with van der Waals surface area (Å²) in [6, 6.07) is 10.8. The van der Waals surface area contributed by atoms with E-state index in [4.69, 9.17) is 0 Å². The molecule has 4 rings (SSSR count). The molecule has 0 spiro atoms. The van der Waals surface area contributed by atoms with Crippen LogP contribution in [0, 0.1) is 5.92 Å². The number of benzene rings is 2. The second-order valence-electron chi connectivity index (χ2n) is 11.0. The Morgan fingerprint density at radius 3 is 2.41 bits per heavy atom. The van der Waals surface area contributed by atoms with E-state index >= 15 is 0 Å². The Balaban J connectivity index is 1.59. The summed E-state index contributed by atoms with van der Waals surface area (Å²) < 4.78 is 40.9. The van der Waals surface area contributed by atoms with Crippen molar-refractivity contribution in [2.75, 3.05) is 26.2 Å². The summed E-state index contributed by atoms with van der Waals surface area (Å²) in [5.74, 6) is -0.673. The molecule has 1 atom stereocenters. The van der Waals surface area contributed by atoms with Gasteiger partial charge in [-0.3, -0.25) is 14.4 Å². The smallest absolute Gasteiger partial charge is 0.263 e. The van der Waals surface area contributed by atoms with Gasteiger partial charge in [-0.2, -0.15) is 0 Å². The number of halogens is 3. The van der Waals surface area contributed by atoms with Crippen molar-refractivity contribution >= 4 is 17.7 Å². The maximum atomic E-state index is 13.8. The first-order chi connectivity index (χ1) is 19.7. The van der Waals surface area contributed by atoms with Crippen LogP contribution in [0.25, 0.3) is 0 Å². The van der Waals surface area contributed by atoms with Gasteiger partial charge in [0.1, 0.15) is 18.0 Å². The molecule has 3 amide bonds. The third-order valence-corrected chi connectivity index (χ3v) is 8.05. The predicted octanol–water partition coefficient (Wildman–Crippen LogP) is 5.10. The Bertz CT molecular complexity index is 1190. The van der Waals surface area contributed by atoms with E-state index in [1.165, 1.54) is 35.2 Å². The first kappa shape index (κ1) is 30.4. The number of hydrogen-bond donors (Lipinski definition) is 2. The van der Waals surface area contributed by atoms with Gasteiger partial charge in [0.05, 0.1) is 0 Å². The number of likely N-dealkylation sites (tertiary alicyclic amines) is 1. The van der Waals surface area contributed by atoms with Gasteiger partial charge in [-0.15, -0.1) is 0 Å². The number of phenols is 1. The van der Waals surface area contributed by atoms with E-state index in [9.17, 15) is 32.7 Å². The molecule has 2 N–H and O–H groups in total. The summed E-state index contributed by atoms with van der Waals surface area (Å²) in [5, 5.41) is 12.5. The van der Waals surface area contributed by atoms with Crippen LogP contribution < -0.4 is 5.32 Å². The normalized spacial score (nSPS) is 19.8. The summed E-state index contributed by atoms with van der Waals surface area (Å²) in [5.41, 5.74) is 0.821. The molecular formula is C31H38F3N3O4. The highest BCUT2D eigenvalue weighted by Crippen LogP contribution is 2.29. The molecule has 2 fully saturated rings. The van der Waals surface area contributed by atoms with Crippen LogP contribution in [0.5, 0.6) is 5.75 Å². The fourth-order valence-corrected chi connectivity index (χ4v) is 5.63. The van der Waals surface area contributed by atoms with E-state index in [1.807, 2.05) is 0 Å². The van der Waals surface area contributed by atoms with Gasteiger partial charge in [-0.25, -0.2) is 13.2 Å². The van der Waals surface area contributed by atoms with E-state index in [2.05, 4.69) is 5.32 Å². The molecule has 1 aliphatic heterocycles. The zero-order chi connectivity index (χ0) is 29.4. The van der Waals surface area contributed by atoms with Crippen molar-refractivity contribution in [1.29, 1.82) is 0 Å². The topological polar surface area (TPSA) is 90.0 Å². The summed E-state index contributed by atoms with van der Waals surface area (Å²) in [7, 11) is 0. The van der Waals surface area contributed by atoms with Crippen molar-refractivity contribution in [3.8, 4) is 5.75 Å². The number of aryl methyl sites for hydroxylation is 1. The van der Waals surface area contributed by atoms with Gasteiger partial charge in [-0.1, -0.05) is 30.3 Å². The van der Waals surface area contributed by atoms with Crippen LogP contribution in [0.2, 0.25) is 0 Å². The van der Waals surface area contributed by atoms with Crippen molar-refractivity contribution < 1.29 is 32.7 Å². The van der Waals surface area contributed by atoms with Gasteiger partial charge >= 0.3 is 0 Å². The summed E-state index contributed by atoms with van der Waals surface area (Å²) in [6.45, 7) is 1.15. The van der Waals surface area contributed by atoms with E-state index in [0.717, 1.165) is 12.0 Å². The standard InChI is InChI=1S/C31H38F3N3O4/c32-25-11-6-22(7-12-25)20-35-31(41)29(23-3-1-4-24(19-23)30(33)34)37(18-17-36-16-2-5-27(36)39)28(40)15-10-21-8-13-26(38)14-9-21/h1,3-4,8-9,13-14,19,22,25,29-30,38H,2,5-7,10-12,15-18,20H2,(H,35,41). The maximum Gasteiger partial charge on any atom is 0.263 e. The number of amides is 3. The lowest BCUT2D eigenvalue weighted by Gasteiger charge is -2.34. The minimum Gasteiger partial charge on any atom is -0.508 e. The lowest BCUT2D eigenvalue weighted by Crippen LogP contribution is -2.47. The van der Waals surface area contributed by atoms with E-state index in [0.29, 0.717) is 51.6 Å². The van der Waals surface area contributed by atoms with Crippen LogP contribution in [0.3, 0.4) is 0 Å². The molecule has 1 heterocycles. The number of nitrogens with zero attached hydrogens (tertiary/aromatic N) is 2. The molecule has 1 saturated carbocycles. The van der Waals surface area contributed by atoms with Crippen molar-refractivity contribution in [3.63, 3.8) is 0 Å². The van der Waals surface area contributed by atoms with Gasteiger partial charge in [0.15, 0.2) is 0 Å². The van der Waals surface area contributed by atoms with Crippen LogP contribution in [0.1, 0.15) is 74.1 Å². The Labute approximate surface area is 238 Å². The minimum atomic E-state index is -2.75. The number of aromatic hydroxyl groups is 1. The van der Waals surface area contributed by atoms with Crippen molar-refractivity contribution in [1.82, 2.24) is 15.1 Å². The van der Waals surface area contributed by atoms with Crippen LogP contribution >= 0.6 is 0 Å². The molecule has 0 aromatic heterocycles. The summed E-state index contributed by atoms with van der Waals surface area (Å²) in [4.78, 5) is 42.9. The lowest BCUT2D eigenvalue weighted by atomic mass is 9.88. The van der Waals surface area contributed by atoms with Gasteiger partial charge in [0.2, 0.25) is 17.7 Å². The van der Waals surface area contributed by atoms with Crippen LogP contribution in [0.4, 0.5) is 13.2 Å². The molecule has 0 radical (unpaired) electrons. The number of carbonyl (C=O) groups is 3. The molecule has 0 bridgehead atoms. The molecule has 1 unspecified atom stereocenters. The highest BCUT2D eigenvalue weighted by Gasteiger charge is 2.33. The molecular weight excluding hydrogens is 535 g/mol. The fourth-order valence-electron chi connectivity index (χ4n) is 5.63. The Hall–Kier alpha value is -3.56. The highest BCUT2D eigenvalue weighted by molar-refractivity contribution is 5.89. The number of nitrogens with one attached hydrogen (secondary N) is 1. The maximum absolute atomic E-state index is 13.8. The number of hydrogen-bond acceptors (Lipinski definition) is 4. The molecule has 10 heteroatoms. The average Bonchev–Trinajstić information content (AvgIpc) is 3.38. The van der Waals surface area contributed by atoms with Gasteiger partial charge < -0.3 is 20.2 Å². The molecule has 1 saturated heterocycles. The second kappa shape index (κ2) is 14.4. The molecule has 2 aliphatic rings. The fraction of sp³-hybridized carbons (Fsp3) is 0.516. The van der Waals surface area contributed by atoms with E-state index in [1.54, 1.807) is 23.1 Å². The van der Waals surface area contributed by atoms with E-state index < -0.39 is 24.5 Å². The zero-order valence-electron chi connectivity index (χ0n) is 23.1. The first-order valence-electron chi connectivity index (χ1n) is 14.4. The third-order valence-electron chi connectivity index (χ3n) is 8.05. The third kappa shape index (κ3) is 8.47. The molecule has 1 aliphatic carbocycles. The number of phenolic OH excluding ortho intramolecular Hbond substituents is 1. The molecule has 2 aromatic rings. The van der Waals surface area contributed by atoms with Crippen LogP contribution in [-0.2, 0) is 20.8 Å². The van der Waals surface area contributed by atoms with Crippen LogP contribution in [-0.4, -0.2) is 65.0 Å². The second-order valence-corrected chi connectivity index (χ2v) is 11.0. The molecule has 222 valence electrons. The molecule has 7 nitrogen and oxygen atoms in total. The highest BCUT2D eigenvalue weighted by atomic mass is 19.3. The van der Waals surface area contributed by atoms with Crippen molar-refractivity contribution in [2.24, 2.45) is 5.92 Å². The van der Waals surface area contributed by atoms with E-state index in [-0.39, 0.29) is 54.1 Å². The number of alkyl halides is 3. The Kier molecular flexibility index (Phi) is 10.7. The Morgan fingerprint density at radius 2 is 1.76 bits per heavy atom. The van der Waals surface area contributed by atoms with Crippen molar-refractivity contribution in [3.05, 3.63) is 65.2 Å². The van der Waals surface area contributed by atoms with Gasteiger partial charge in [-0.05, 0) is 73.8 Å². The number of rotatable bonds is 12. The monoisotopic (exact) mass is 573 g/mol. The Morgan fingerprint density at radius 1 is 1.05 bits per heavy atom. The lowest BCUT2D eigenvalue weighted by molar-refractivity contribution is -0.141. The molecule has 41 heavy (non-hydrogen) atoms. The van der Waals surface area contributed by atoms with Crippen molar-refractivity contribution in [2.45, 2.75) is 70.0 Å². The SMILES string of the molecule is O=C(NCC1CCC(F)CC1)C(c1cccc(C(F)F)c1)N(CCN1CCCC1=O)C(=O)CCc1ccc(O)cc1. The quantitative estimate of drug-likeness (QED) is 0.370. The van der Waals surface area contributed by atoms with Crippen LogP contribution in [0.15, 0.2) is 48.5 Å². The van der Waals surface area contributed by atoms with Gasteiger partial charge in [0, 0.05) is 44.6 Å². The summed E-state index contributed by atoms with van der Waals surface area (Å²) in [6.07, 6.45) is 0.0907. The largest absolute Gasteiger partial charge is 0.508 e. The van der Waals surface area contributed by atoms with Gasteiger partial charge in [0.25, 0.3) is 6.43 Å². The molecule has 2 aromatic carbocycles.